The normalized spacial score (nSPS) is 15.5. The third-order valence-corrected chi connectivity index (χ3v) is 4.93. The molecule has 25 heavy (non-hydrogen) atoms. The van der Waals surface area contributed by atoms with Gasteiger partial charge in [-0.3, -0.25) is 4.98 Å². The van der Waals surface area contributed by atoms with Gasteiger partial charge in [0.25, 0.3) is 0 Å². The van der Waals surface area contributed by atoms with Crippen molar-refractivity contribution in [2.45, 2.75) is 25.9 Å². The second-order valence-corrected chi connectivity index (χ2v) is 6.70. The second-order valence-electron chi connectivity index (χ2n) is 5.74. The maximum atomic E-state index is 5.99. The first-order valence-corrected chi connectivity index (χ1v) is 8.76. The van der Waals surface area contributed by atoms with E-state index in [1.165, 1.54) is 11.3 Å². The van der Waals surface area contributed by atoms with Crippen LogP contribution >= 0.6 is 11.3 Å². The lowest BCUT2D eigenvalue weighted by Crippen LogP contribution is -2.38. The molecule has 0 spiro atoms. The van der Waals surface area contributed by atoms with Crippen LogP contribution < -0.4 is 15.4 Å². The highest BCUT2D eigenvalue weighted by molar-refractivity contribution is 7.18. The van der Waals surface area contributed by atoms with E-state index in [0.717, 1.165) is 31.1 Å². The number of hydrogen-bond donors (Lipinski definition) is 1. The summed E-state index contributed by atoms with van der Waals surface area (Å²) in [6.07, 6.45) is 5.19. The highest BCUT2D eigenvalue weighted by Crippen LogP contribution is 2.30. The van der Waals surface area contributed by atoms with E-state index in [9.17, 15) is 0 Å². The van der Waals surface area contributed by atoms with Crippen molar-refractivity contribution in [2.24, 2.45) is 0 Å². The summed E-state index contributed by atoms with van der Waals surface area (Å²) in [5.41, 5.74) is 6.45. The molecule has 0 aromatic carbocycles. The monoisotopic (exact) mass is 359 g/mol. The van der Waals surface area contributed by atoms with Crippen molar-refractivity contribution >= 4 is 22.2 Å². The van der Waals surface area contributed by atoms with Gasteiger partial charge in [-0.1, -0.05) is 16.5 Å². The molecule has 0 aliphatic carbocycles. The van der Waals surface area contributed by atoms with Crippen LogP contribution in [0.15, 0.2) is 23.0 Å². The van der Waals surface area contributed by atoms with Gasteiger partial charge in [-0.25, -0.2) is 0 Å². The summed E-state index contributed by atoms with van der Waals surface area (Å²) in [7, 11) is 0. The van der Waals surface area contributed by atoms with Crippen molar-refractivity contribution in [1.82, 2.24) is 25.3 Å². The number of piperidine rings is 1. The van der Waals surface area contributed by atoms with Gasteiger partial charge >= 0.3 is 0 Å². The largest absolute Gasteiger partial charge is 0.488 e. The lowest BCUT2D eigenvalue weighted by Gasteiger charge is -2.31. The Bertz CT molecular complexity index is 857. The lowest BCUT2D eigenvalue weighted by molar-refractivity contribution is 0.172. The Morgan fingerprint density at radius 2 is 2.16 bits per heavy atom. The van der Waals surface area contributed by atoms with Crippen LogP contribution in [0.4, 0.5) is 10.8 Å². The number of rotatable bonds is 4. The molecule has 0 unspecified atom stereocenters. The van der Waals surface area contributed by atoms with Crippen molar-refractivity contribution < 1.29 is 9.26 Å². The van der Waals surface area contributed by atoms with Crippen LogP contribution in [-0.4, -0.2) is 44.5 Å². The maximum Gasteiger partial charge on any atom is 0.233 e. The van der Waals surface area contributed by atoms with Crippen LogP contribution in [0.3, 0.4) is 0 Å². The quantitative estimate of drug-likeness (QED) is 0.745. The molecule has 1 saturated heterocycles. The Morgan fingerprint density at radius 3 is 2.88 bits per heavy atom. The number of aromatic nitrogens is 5. The number of nitrogens with zero attached hydrogens (tertiary/aromatic N) is 6. The fraction of sp³-hybridized carbons (Fsp3) is 0.400. The van der Waals surface area contributed by atoms with E-state index in [1.54, 1.807) is 25.4 Å². The maximum absolute atomic E-state index is 5.99. The van der Waals surface area contributed by atoms with E-state index >= 15 is 0 Å². The summed E-state index contributed by atoms with van der Waals surface area (Å²) < 4.78 is 11.0. The number of ether oxygens (including phenoxy) is 1. The number of aryl methyl sites for hydroxylation is 1. The van der Waals surface area contributed by atoms with E-state index in [-0.39, 0.29) is 6.10 Å². The van der Waals surface area contributed by atoms with Crippen LogP contribution in [0.2, 0.25) is 0 Å². The van der Waals surface area contributed by atoms with E-state index in [1.807, 2.05) is 0 Å². The first kappa shape index (κ1) is 15.8. The van der Waals surface area contributed by atoms with Gasteiger partial charge in [0.05, 0.1) is 11.9 Å². The zero-order valence-corrected chi connectivity index (χ0v) is 14.4. The number of hydrogen-bond acceptors (Lipinski definition) is 10. The van der Waals surface area contributed by atoms with Crippen molar-refractivity contribution in [3.63, 3.8) is 0 Å². The number of pyridine rings is 1. The average Bonchev–Trinajstić information content (AvgIpc) is 3.27. The van der Waals surface area contributed by atoms with Gasteiger partial charge in [-0.2, -0.15) is 4.98 Å². The van der Waals surface area contributed by atoms with Gasteiger partial charge in [-0.05, 0) is 0 Å². The van der Waals surface area contributed by atoms with Crippen molar-refractivity contribution in [3.05, 3.63) is 24.4 Å². The lowest BCUT2D eigenvalue weighted by atomic mass is 10.1. The first-order valence-electron chi connectivity index (χ1n) is 7.94. The molecular formula is C15H17N7O2S. The van der Waals surface area contributed by atoms with E-state index in [2.05, 4.69) is 30.2 Å². The minimum Gasteiger partial charge on any atom is -0.488 e. The summed E-state index contributed by atoms with van der Waals surface area (Å²) in [6, 6.07) is 1.80. The topological polar surface area (TPSA) is 116 Å². The summed E-state index contributed by atoms with van der Waals surface area (Å²) in [5, 5.41) is 13.8. The Kier molecular flexibility index (Phi) is 4.18. The molecule has 0 bridgehead atoms. The number of anilines is 2. The van der Waals surface area contributed by atoms with Gasteiger partial charge in [0.15, 0.2) is 5.01 Å². The van der Waals surface area contributed by atoms with Crippen LogP contribution in [0.25, 0.3) is 10.8 Å². The minimum absolute atomic E-state index is 0.133. The molecule has 1 aliphatic rings. The van der Waals surface area contributed by atoms with Gasteiger partial charge in [-0.15, -0.1) is 10.2 Å². The summed E-state index contributed by atoms with van der Waals surface area (Å²) >= 11 is 1.46. The Hall–Kier alpha value is -2.75. The number of nitrogen functional groups attached to an aromatic ring is 1. The minimum atomic E-state index is 0.133. The van der Waals surface area contributed by atoms with Crippen LogP contribution in [-0.2, 0) is 0 Å². The smallest absolute Gasteiger partial charge is 0.233 e. The highest BCUT2D eigenvalue weighted by Gasteiger charge is 2.24. The predicted molar refractivity (Wildman–Crippen MR) is 92.5 cm³/mol. The highest BCUT2D eigenvalue weighted by atomic mass is 32.1. The van der Waals surface area contributed by atoms with Crippen LogP contribution in [0, 0.1) is 6.92 Å². The zero-order chi connectivity index (χ0) is 17.2. The molecule has 0 radical (unpaired) electrons. The molecule has 9 nitrogen and oxygen atoms in total. The Balaban J connectivity index is 1.37. The first-order chi connectivity index (χ1) is 12.2. The Labute approximate surface area is 147 Å². The van der Waals surface area contributed by atoms with Crippen molar-refractivity contribution in [1.29, 1.82) is 0 Å². The average molecular weight is 359 g/mol. The third kappa shape index (κ3) is 3.38. The molecule has 4 rings (SSSR count). The molecule has 2 N–H and O–H groups in total. The molecule has 0 atom stereocenters. The summed E-state index contributed by atoms with van der Waals surface area (Å²) in [4.78, 5) is 10.4. The SMILES string of the molecule is Cc1nc(-c2nnc(N3CCC(Oc4ccncc4N)CC3)s2)no1. The van der Waals surface area contributed by atoms with Gasteiger partial charge in [0.1, 0.15) is 11.9 Å². The standard InChI is InChI=1S/C15H17N7O2S/c1-9-18-13(21-24-9)14-19-20-15(25-14)22-6-3-10(4-7-22)23-12-2-5-17-8-11(12)16/h2,5,8,10H,3-4,6-7,16H2,1H3. The Morgan fingerprint density at radius 1 is 1.32 bits per heavy atom. The van der Waals surface area contributed by atoms with Crippen LogP contribution in [0.5, 0.6) is 5.75 Å². The molecule has 10 heteroatoms. The van der Waals surface area contributed by atoms with Crippen LogP contribution in [0.1, 0.15) is 18.7 Å². The molecular weight excluding hydrogens is 342 g/mol. The molecule has 130 valence electrons. The molecule has 1 fully saturated rings. The van der Waals surface area contributed by atoms with Crippen molar-refractivity contribution in [2.75, 3.05) is 23.7 Å². The van der Waals surface area contributed by atoms with Gasteiger partial charge in [0, 0.05) is 45.1 Å². The third-order valence-electron chi connectivity index (χ3n) is 3.95. The predicted octanol–water partition coefficient (Wildman–Crippen LogP) is 1.92. The van der Waals surface area contributed by atoms with E-state index < -0.39 is 0 Å². The van der Waals surface area contributed by atoms with Crippen molar-refractivity contribution in [3.8, 4) is 16.6 Å². The molecule has 4 heterocycles. The second kappa shape index (κ2) is 6.63. The molecule has 3 aromatic rings. The molecule has 1 aliphatic heterocycles. The molecule has 3 aromatic heterocycles. The fourth-order valence-electron chi connectivity index (χ4n) is 2.67. The fourth-order valence-corrected chi connectivity index (χ4v) is 3.49. The van der Waals surface area contributed by atoms with E-state index in [4.69, 9.17) is 15.0 Å². The zero-order valence-electron chi connectivity index (χ0n) is 13.6. The molecule has 0 amide bonds. The summed E-state index contributed by atoms with van der Waals surface area (Å²) in [6.45, 7) is 3.43. The van der Waals surface area contributed by atoms with Gasteiger partial charge < -0.3 is 19.9 Å². The summed E-state index contributed by atoms with van der Waals surface area (Å²) in [5.74, 6) is 1.69. The number of nitrogens with two attached hydrogens (primary N) is 1. The van der Waals surface area contributed by atoms with E-state index in [0.29, 0.717) is 28.2 Å². The molecule has 0 saturated carbocycles. The van der Waals surface area contributed by atoms with Gasteiger partial charge in [0.2, 0.25) is 16.8 Å².